The third kappa shape index (κ3) is 6.25. The Morgan fingerprint density at radius 2 is 1.78 bits per heavy atom. The highest BCUT2D eigenvalue weighted by molar-refractivity contribution is 5.90. The van der Waals surface area contributed by atoms with Crippen molar-refractivity contribution < 1.29 is 45.1 Å². The zero-order chi connectivity index (χ0) is 30.1. The quantitative estimate of drug-likeness (QED) is 0.350. The summed E-state index contributed by atoms with van der Waals surface area (Å²) in [7, 11) is 1.35. The number of H-pyrrole nitrogens is 1. The maximum atomic E-state index is 13.6. The van der Waals surface area contributed by atoms with Crippen molar-refractivity contribution in [2.45, 2.75) is 57.7 Å². The van der Waals surface area contributed by atoms with Gasteiger partial charge in [0.05, 0.1) is 42.3 Å². The number of alkyl halides is 6. The van der Waals surface area contributed by atoms with Gasteiger partial charge in [-0.05, 0) is 54.8 Å². The van der Waals surface area contributed by atoms with E-state index in [1.807, 2.05) is 0 Å². The minimum Gasteiger partial charge on any atom is -0.481 e. The van der Waals surface area contributed by atoms with Crippen LogP contribution >= 0.6 is 0 Å². The maximum absolute atomic E-state index is 13.6. The van der Waals surface area contributed by atoms with E-state index in [4.69, 9.17) is 9.47 Å². The Balaban J connectivity index is 1.90. The molecule has 2 aromatic heterocycles. The maximum Gasteiger partial charge on any atom is 0.440 e. The van der Waals surface area contributed by atoms with Gasteiger partial charge in [-0.1, -0.05) is 6.92 Å². The van der Waals surface area contributed by atoms with Crippen LogP contribution in [-0.2, 0) is 23.6 Å². The first-order valence-electron chi connectivity index (χ1n) is 12.4. The lowest BCUT2D eigenvalue weighted by atomic mass is 9.92. The molecule has 2 atom stereocenters. The lowest BCUT2D eigenvalue weighted by Gasteiger charge is -2.43. The Morgan fingerprint density at radius 3 is 2.29 bits per heavy atom. The third-order valence-corrected chi connectivity index (χ3v) is 6.53. The van der Waals surface area contributed by atoms with Gasteiger partial charge >= 0.3 is 24.2 Å². The monoisotopic (exact) mass is 589 g/mol. The van der Waals surface area contributed by atoms with Crippen molar-refractivity contribution in [3.8, 4) is 5.88 Å². The molecule has 1 aliphatic heterocycles. The number of hydrogen-bond acceptors (Lipinski definition) is 8. The zero-order valence-electron chi connectivity index (χ0n) is 22.0. The second kappa shape index (κ2) is 11.3. The van der Waals surface area contributed by atoms with Crippen LogP contribution in [-0.4, -0.2) is 41.0 Å². The van der Waals surface area contributed by atoms with Gasteiger partial charge in [0.15, 0.2) is 0 Å². The van der Waals surface area contributed by atoms with Gasteiger partial charge in [0.2, 0.25) is 11.8 Å². The van der Waals surface area contributed by atoms with Crippen molar-refractivity contribution in [2.75, 3.05) is 23.5 Å². The number of amides is 1. The van der Waals surface area contributed by atoms with Crippen molar-refractivity contribution in [2.24, 2.45) is 0 Å². The molecule has 0 saturated heterocycles. The molecule has 0 radical (unpaired) electrons. The van der Waals surface area contributed by atoms with Gasteiger partial charge in [-0.2, -0.15) is 26.3 Å². The van der Waals surface area contributed by atoms with Crippen LogP contribution in [0.25, 0.3) is 0 Å². The number of carbonyl (C=O) groups is 1. The van der Waals surface area contributed by atoms with Crippen molar-refractivity contribution in [3.05, 3.63) is 63.3 Å². The molecule has 0 bridgehead atoms. The molecule has 0 saturated carbocycles. The van der Waals surface area contributed by atoms with E-state index in [1.165, 1.54) is 23.0 Å². The molecule has 41 heavy (non-hydrogen) atoms. The largest absolute Gasteiger partial charge is 0.481 e. The van der Waals surface area contributed by atoms with Crippen LogP contribution in [0.1, 0.15) is 55.1 Å². The van der Waals surface area contributed by atoms with Crippen LogP contribution in [0, 0.1) is 0 Å². The fraction of sp³-hybridized carbons (Fsp3) is 0.440. The van der Waals surface area contributed by atoms with Gasteiger partial charge in [-0.15, -0.1) is 0 Å². The van der Waals surface area contributed by atoms with Gasteiger partial charge in [0, 0.05) is 18.7 Å². The number of benzene rings is 1. The number of halogens is 6. The molecule has 1 N–H and O–H groups in total. The van der Waals surface area contributed by atoms with E-state index in [0.717, 1.165) is 0 Å². The molecule has 4 rings (SSSR count). The molecule has 1 aliphatic rings. The Bertz CT molecular complexity index is 1420. The summed E-state index contributed by atoms with van der Waals surface area (Å²) in [5.41, 5.74) is -2.90. The molecule has 3 aromatic rings. The molecule has 16 heteroatoms. The van der Waals surface area contributed by atoms with Gasteiger partial charge in [0.25, 0.3) is 0 Å². The van der Waals surface area contributed by atoms with Crippen LogP contribution in [0.2, 0.25) is 0 Å². The van der Waals surface area contributed by atoms with E-state index in [9.17, 15) is 35.9 Å². The summed E-state index contributed by atoms with van der Waals surface area (Å²) in [6.45, 7) is 2.93. The summed E-state index contributed by atoms with van der Waals surface area (Å²) < 4.78 is 96.6. The molecular weight excluding hydrogens is 564 g/mol. The highest BCUT2D eigenvalue weighted by Gasteiger charge is 2.42. The predicted molar refractivity (Wildman–Crippen MR) is 131 cm³/mol. The standard InChI is InChI=1S/C25H25F6N5O5/c1-4-16-11-18(20-17(6-7-19(32-20)39-3)36(16)23(38)40-5-2)35(21-33-22(37)41-34-21)12-13-8-14(24(26,27)28)10-15(9-13)25(29,30)31/h6-10,16,18H,4-5,11-12H2,1-3H3,(H,33,34,37)/t16-,18+/m1/s1. The van der Waals surface area contributed by atoms with Crippen LogP contribution in [0.15, 0.2) is 39.6 Å². The Labute approximate surface area is 228 Å². The van der Waals surface area contributed by atoms with Crippen LogP contribution in [0.3, 0.4) is 0 Å². The number of carbonyl (C=O) groups excluding carboxylic acids is 1. The van der Waals surface area contributed by atoms with Crippen molar-refractivity contribution in [1.29, 1.82) is 0 Å². The fourth-order valence-corrected chi connectivity index (χ4v) is 4.73. The van der Waals surface area contributed by atoms with Crippen LogP contribution in [0.5, 0.6) is 5.88 Å². The average Bonchev–Trinajstić information content (AvgIpc) is 3.35. The first-order valence-corrected chi connectivity index (χ1v) is 12.4. The lowest BCUT2D eigenvalue weighted by molar-refractivity contribution is -0.143. The summed E-state index contributed by atoms with van der Waals surface area (Å²) in [4.78, 5) is 34.2. The van der Waals surface area contributed by atoms with Crippen LogP contribution in [0.4, 0.5) is 42.8 Å². The summed E-state index contributed by atoms with van der Waals surface area (Å²) in [6, 6.07) is 2.79. The van der Waals surface area contributed by atoms with E-state index in [1.54, 1.807) is 19.9 Å². The highest BCUT2D eigenvalue weighted by atomic mass is 19.4. The lowest BCUT2D eigenvalue weighted by Crippen LogP contribution is -2.48. The number of pyridine rings is 1. The highest BCUT2D eigenvalue weighted by Crippen LogP contribution is 2.44. The zero-order valence-corrected chi connectivity index (χ0v) is 22.0. The summed E-state index contributed by atoms with van der Waals surface area (Å²) in [5, 5.41) is 3.65. The van der Waals surface area contributed by atoms with Crippen molar-refractivity contribution >= 4 is 17.7 Å². The van der Waals surface area contributed by atoms with Crippen LogP contribution < -0.4 is 20.3 Å². The molecule has 3 heterocycles. The SMILES string of the molecule is CCOC(=O)N1c2ccc(OC)nc2[C@@H](N(Cc2cc(C(F)(F)F)cc(C(F)(F)F)c2)c2noc(=O)[nH]2)C[C@H]1CC. The molecule has 0 unspecified atom stereocenters. The molecule has 1 amide bonds. The summed E-state index contributed by atoms with van der Waals surface area (Å²) in [6.07, 6.45) is -10.3. The first kappa shape index (κ1) is 29.7. The summed E-state index contributed by atoms with van der Waals surface area (Å²) in [5.74, 6) is -1.14. The van der Waals surface area contributed by atoms with Crippen molar-refractivity contribution in [1.82, 2.24) is 15.1 Å². The van der Waals surface area contributed by atoms with Gasteiger partial charge < -0.3 is 14.4 Å². The van der Waals surface area contributed by atoms with E-state index in [-0.39, 0.29) is 47.9 Å². The smallest absolute Gasteiger partial charge is 0.440 e. The molecule has 222 valence electrons. The predicted octanol–water partition coefficient (Wildman–Crippen LogP) is 5.70. The minimum absolute atomic E-state index is 0.0263. The molecule has 1 aromatic carbocycles. The molecule has 0 spiro atoms. The van der Waals surface area contributed by atoms with Crippen molar-refractivity contribution in [3.63, 3.8) is 0 Å². The Hall–Kier alpha value is -4.24. The third-order valence-electron chi connectivity index (χ3n) is 6.53. The Morgan fingerprint density at radius 1 is 1.12 bits per heavy atom. The van der Waals surface area contributed by atoms with Gasteiger partial charge in [-0.25, -0.2) is 14.6 Å². The fourth-order valence-electron chi connectivity index (χ4n) is 4.73. The molecule has 10 nitrogen and oxygen atoms in total. The van der Waals surface area contributed by atoms with Gasteiger partial charge in [0.1, 0.15) is 0 Å². The Kier molecular flexibility index (Phi) is 8.22. The van der Waals surface area contributed by atoms with E-state index in [2.05, 4.69) is 19.6 Å². The number of fused-ring (bicyclic) bond motifs is 1. The number of nitrogens with zero attached hydrogens (tertiary/aromatic N) is 4. The second-order valence-corrected chi connectivity index (χ2v) is 9.10. The number of hydrogen-bond donors (Lipinski definition) is 1. The number of methoxy groups -OCH3 is 1. The average molecular weight is 589 g/mol. The summed E-state index contributed by atoms with van der Waals surface area (Å²) >= 11 is 0. The molecule has 0 aliphatic carbocycles. The normalized spacial score (nSPS) is 17.2. The van der Waals surface area contributed by atoms with E-state index in [0.29, 0.717) is 18.6 Å². The number of aromatic amines is 1. The first-order chi connectivity index (χ1) is 19.3. The van der Waals surface area contributed by atoms with E-state index < -0.39 is 54.0 Å². The number of nitrogens with one attached hydrogen (secondary N) is 1. The van der Waals surface area contributed by atoms with E-state index >= 15 is 0 Å². The second-order valence-electron chi connectivity index (χ2n) is 9.10. The number of aromatic nitrogens is 3. The molecular formula is C25H25F6N5O5. The number of anilines is 2. The topological polar surface area (TPSA) is 114 Å². The number of ether oxygens (including phenoxy) is 2. The number of rotatable bonds is 7. The minimum atomic E-state index is -5.07. The molecule has 0 fully saturated rings. The van der Waals surface area contributed by atoms with Gasteiger partial charge in [-0.3, -0.25) is 14.4 Å².